The Kier molecular flexibility index (Phi) is 5.90. The predicted molar refractivity (Wildman–Crippen MR) is 86.3 cm³/mol. The van der Waals surface area contributed by atoms with Crippen LogP contribution in [0.15, 0.2) is 29.1 Å². The highest BCUT2D eigenvalue weighted by Crippen LogP contribution is 2.30. The molecule has 0 amide bonds. The van der Waals surface area contributed by atoms with E-state index in [1.807, 2.05) is 30.3 Å². The van der Waals surface area contributed by atoms with Crippen molar-refractivity contribution in [2.75, 3.05) is 20.8 Å². The first kappa shape index (κ1) is 16.1. The summed E-state index contributed by atoms with van der Waals surface area (Å²) >= 11 is 3.61. The van der Waals surface area contributed by atoms with Crippen molar-refractivity contribution in [2.45, 2.75) is 25.9 Å². The second kappa shape index (κ2) is 7.68. The van der Waals surface area contributed by atoms with Crippen LogP contribution in [0.2, 0.25) is 0 Å². The van der Waals surface area contributed by atoms with Crippen molar-refractivity contribution in [3.63, 3.8) is 0 Å². The minimum absolute atomic E-state index is 0.0664. The third-order valence-electron chi connectivity index (χ3n) is 3.54. The first-order valence-corrected chi connectivity index (χ1v) is 7.82. The fraction of sp³-hybridized carbons (Fsp3) is 0.467. The number of nitrogens with one attached hydrogen (secondary N) is 1. The van der Waals surface area contributed by atoms with Gasteiger partial charge in [-0.25, -0.2) is 0 Å². The lowest BCUT2D eigenvalue weighted by atomic mass is 9.98. The first-order chi connectivity index (χ1) is 10.2. The van der Waals surface area contributed by atoms with Crippen LogP contribution in [0.1, 0.15) is 29.8 Å². The van der Waals surface area contributed by atoms with Gasteiger partial charge in [-0.3, -0.25) is 9.67 Å². The van der Waals surface area contributed by atoms with Crippen LogP contribution in [0.3, 0.4) is 0 Å². The Bertz CT molecular complexity index is 585. The molecule has 2 aromatic rings. The van der Waals surface area contributed by atoms with E-state index in [9.17, 15) is 0 Å². The molecule has 0 spiro atoms. The molecule has 1 N–H and O–H groups in total. The summed E-state index contributed by atoms with van der Waals surface area (Å²) in [5.41, 5.74) is 3.58. The molecule has 0 saturated carbocycles. The van der Waals surface area contributed by atoms with Crippen LogP contribution in [0.25, 0.3) is 0 Å². The van der Waals surface area contributed by atoms with Gasteiger partial charge in [-0.1, -0.05) is 6.92 Å². The highest BCUT2D eigenvalue weighted by molar-refractivity contribution is 9.10. The van der Waals surface area contributed by atoms with Crippen molar-refractivity contribution in [1.29, 1.82) is 0 Å². The van der Waals surface area contributed by atoms with E-state index < -0.39 is 0 Å². The summed E-state index contributed by atoms with van der Waals surface area (Å²) in [6.45, 7) is 3.50. The Labute approximate surface area is 133 Å². The lowest BCUT2D eigenvalue weighted by molar-refractivity contribution is 0.182. The number of halogens is 1. The van der Waals surface area contributed by atoms with Crippen LogP contribution in [-0.4, -0.2) is 35.5 Å². The van der Waals surface area contributed by atoms with Gasteiger partial charge in [0.05, 0.1) is 35.6 Å². The Morgan fingerprint density at radius 3 is 2.90 bits per heavy atom. The van der Waals surface area contributed by atoms with Crippen LogP contribution < -0.4 is 5.32 Å². The molecule has 2 aromatic heterocycles. The lowest BCUT2D eigenvalue weighted by Gasteiger charge is -2.21. The second-order valence-electron chi connectivity index (χ2n) is 4.74. The zero-order valence-electron chi connectivity index (χ0n) is 12.6. The van der Waals surface area contributed by atoms with E-state index in [-0.39, 0.29) is 6.04 Å². The summed E-state index contributed by atoms with van der Waals surface area (Å²) in [7, 11) is 3.66. The smallest absolute Gasteiger partial charge is 0.0761 e. The summed E-state index contributed by atoms with van der Waals surface area (Å²) in [6.07, 6.45) is 6.55. The molecule has 2 rings (SSSR count). The maximum atomic E-state index is 5.17. The van der Waals surface area contributed by atoms with E-state index in [0.29, 0.717) is 6.61 Å². The molecule has 0 fully saturated rings. The van der Waals surface area contributed by atoms with Gasteiger partial charge < -0.3 is 10.1 Å². The molecule has 0 aromatic carbocycles. The molecule has 21 heavy (non-hydrogen) atoms. The molecule has 0 aliphatic heterocycles. The number of nitrogens with zero attached hydrogens (tertiary/aromatic N) is 3. The third-order valence-corrected chi connectivity index (χ3v) is 4.15. The van der Waals surface area contributed by atoms with Crippen molar-refractivity contribution < 1.29 is 4.74 Å². The SMILES string of the molecule is CCc1cnccc1C(NC)c1c(Br)cnn1CCOC. The average molecular weight is 353 g/mol. The molecule has 0 saturated heterocycles. The fourth-order valence-electron chi connectivity index (χ4n) is 2.47. The standard InChI is InChI=1S/C15H21BrN4O/c1-4-11-9-18-6-5-12(11)14(17-2)15-13(16)10-19-20(15)7-8-21-3/h5-6,9-10,14,17H,4,7-8H2,1-3H3. The molecule has 0 aliphatic carbocycles. The molecule has 0 radical (unpaired) electrons. The first-order valence-electron chi connectivity index (χ1n) is 7.03. The molecular weight excluding hydrogens is 332 g/mol. The molecule has 1 atom stereocenters. The minimum Gasteiger partial charge on any atom is -0.383 e. The number of pyridine rings is 1. The predicted octanol–water partition coefficient (Wildman–Crippen LogP) is 2.56. The zero-order chi connectivity index (χ0) is 15.2. The summed E-state index contributed by atoms with van der Waals surface area (Å²) in [6, 6.07) is 2.14. The lowest BCUT2D eigenvalue weighted by Crippen LogP contribution is -2.24. The molecular formula is C15H21BrN4O. The van der Waals surface area contributed by atoms with Gasteiger partial charge in [-0.15, -0.1) is 0 Å². The molecule has 5 nitrogen and oxygen atoms in total. The normalized spacial score (nSPS) is 12.6. The van der Waals surface area contributed by atoms with Gasteiger partial charge in [0.25, 0.3) is 0 Å². The van der Waals surface area contributed by atoms with Crippen LogP contribution in [0.4, 0.5) is 0 Å². The zero-order valence-corrected chi connectivity index (χ0v) is 14.2. The fourth-order valence-corrected chi connectivity index (χ4v) is 2.99. The van der Waals surface area contributed by atoms with Crippen LogP contribution in [0, 0.1) is 0 Å². The van der Waals surface area contributed by atoms with Gasteiger partial charge in [0.1, 0.15) is 0 Å². The topological polar surface area (TPSA) is 52.0 Å². The monoisotopic (exact) mass is 352 g/mol. The summed E-state index contributed by atoms with van der Waals surface area (Å²) in [5.74, 6) is 0. The number of hydrogen-bond acceptors (Lipinski definition) is 4. The van der Waals surface area contributed by atoms with E-state index in [1.54, 1.807) is 7.11 Å². The van der Waals surface area contributed by atoms with Crippen LogP contribution >= 0.6 is 15.9 Å². The van der Waals surface area contributed by atoms with Crippen molar-refractivity contribution in [3.05, 3.63) is 46.0 Å². The van der Waals surface area contributed by atoms with Crippen molar-refractivity contribution in [1.82, 2.24) is 20.1 Å². The number of aromatic nitrogens is 3. The number of aryl methyl sites for hydroxylation is 1. The molecule has 1 unspecified atom stereocenters. The molecule has 0 bridgehead atoms. The summed E-state index contributed by atoms with van der Waals surface area (Å²) in [5, 5.41) is 7.83. The van der Waals surface area contributed by atoms with E-state index in [4.69, 9.17) is 4.74 Å². The van der Waals surface area contributed by atoms with E-state index in [1.165, 1.54) is 11.1 Å². The average Bonchev–Trinajstić information content (AvgIpc) is 2.88. The number of methoxy groups -OCH3 is 1. The van der Waals surface area contributed by atoms with Gasteiger partial charge in [-0.2, -0.15) is 5.10 Å². The second-order valence-corrected chi connectivity index (χ2v) is 5.60. The van der Waals surface area contributed by atoms with E-state index in [0.717, 1.165) is 23.1 Å². The summed E-state index contributed by atoms with van der Waals surface area (Å²) < 4.78 is 8.15. The Morgan fingerprint density at radius 2 is 2.24 bits per heavy atom. The Morgan fingerprint density at radius 1 is 1.43 bits per heavy atom. The maximum absolute atomic E-state index is 5.17. The molecule has 0 aliphatic rings. The van der Waals surface area contributed by atoms with Crippen molar-refractivity contribution in [2.24, 2.45) is 0 Å². The van der Waals surface area contributed by atoms with Crippen molar-refractivity contribution >= 4 is 15.9 Å². The van der Waals surface area contributed by atoms with Gasteiger partial charge in [0, 0.05) is 19.5 Å². The van der Waals surface area contributed by atoms with Gasteiger partial charge >= 0.3 is 0 Å². The van der Waals surface area contributed by atoms with Gasteiger partial charge in [-0.05, 0) is 46.6 Å². The maximum Gasteiger partial charge on any atom is 0.0761 e. The highest BCUT2D eigenvalue weighted by atomic mass is 79.9. The molecule has 114 valence electrons. The molecule has 2 heterocycles. The number of hydrogen-bond donors (Lipinski definition) is 1. The Hall–Kier alpha value is -1.24. The largest absolute Gasteiger partial charge is 0.383 e. The highest BCUT2D eigenvalue weighted by Gasteiger charge is 2.22. The van der Waals surface area contributed by atoms with E-state index >= 15 is 0 Å². The van der Waals surface area contributed by atoms with Crippen LogP contribution in [0.5, 0.6) is 0 Å². The number of ether oxygens (including phenoxy) is 1. The Balaban J connectivity index is 2.44. The van der Waals surface area contributed by atoms with E-state index in [2.05, 4.69) is 44.3 Å². The van der Waals surface area contributed by atoms with Gasteiger partial charge in [0.2, 0.25) is 0 Å². The molecule has 6 heteroatoms. The van der Waals surface area contributed by atoms with Crippen LogP contribution in [-0.2, 0) is 17.7 Å². The quantitative estimate of drug-likeness (QED) is 0.831. The van der Waals surface area contributed by atoms with Crippen molar-refractivity contribution in [3.8, 4) is 0 Å². The third kappa shape index (κ3) is 3.51. The minimum atomic E-state index is 0.0664. The number of rotatable bonds is 7. The van der Waals surface area contributed by atoms with Gasteiger partial charge in [0.15, 0.2) is 0 Å². The summed E-state index contributed by atoms with van der Waals surface area (Å²) in [4.78, 5) is 4.23.